The maximum Gasteiger partial charge on any atom is 0.0843 e. The van der Waals surface area contributed by atoms with E-state index in [1.54, 1.807) is 0 Å². The van der Waals surface area contributed by atoms with Crippen molar-refractivity contribution in [3.05, 3.63) is 0 Å². The van der Waals surface area contributed by atoms with Crippen LogP contribution in [0.25, 0.3) is 0 Å². The quantitative estimate of drug-likeness (QED) is 0.0989. The van der Waals surface area contributed by atoms with Gasteiger partial charge < -0.3 is 5.73 Å². The second-order valence-corrected chi connectivity index (χ2v) is 11.6. The number of quaternary nitrogens is 1. The maximum absolute atomic E-state index is 4.44. The van der Waals surface area contributed by atoms with Crippen LogP contribution in [0, 0.1) is 0 Å². The molecule has 0 fully saturated rings. The van der Waals surface area contributed by atoms with Crippen LogP contribution in [0.4, 0.5) is 0 Å². The Bertz CT molecular complexity index is 307. The summed E-state index contributed by atoms with van der Waals surface area (Å²) >= 11 is 0. The Morgan fingerprint density at radius 2 is 0.471 bits per heavy atom. The Balaban J connectivity index is 3.13. The summed E-state index contributed by atoms with van der Waals surface area (Å²) in [6, 6.07) is 0.717. The van der Waals surface area contributed by atoms with E-state index in [9.17, 15) is 0 Å². The van der Waals surface area contributed by atoms with E-state index in [1.807, 2.05) is 0 Å². The SMILES string of the molecule is CCCCCCCCCCCCCCCCC([NH3+])CCCCCCCCCCCCCCCC. The number of unbranched alkanes of at least 4 members (excludes halogenated alkanes) is 26. The van der Waals surface area contributed by atoms with Crippen molar-refractivity contribution >= 4 is 0 Å². The molecule has 0 aliphatic carbocycles. The highest BCUT2D eigenvalue weighted by atomic mass is 14.6. The molecule has 0 spiro atoms. The monoisotopic (exact) mass is 481 g/mol. The van der Waals surface area contributed by atoms with E-state index in [0.29, 0.717) is 0 Å². The van der Waals surface area contributed by atoms with Crippen LogP contribution in [0.1, 0.15) is 206 Å². The minimum atomic E-state index is 0.717. The Labute approximate surface area is 218 Å². The normalized spacial score (nSPS) is 11.6. The predicted molar refractivity (Wildman–Crippen MR) is 157 cm³/mol. The van der Waals surface area contributed by atoms with Crippen molar-refractivity contribution in [2.75, 3.05) is 0 Å². The van der Waals surface area contributed by atoms with Crippen molar-refractivity contribution in [3.63, 3.8) is 0 Å². The highest BCUT2D eigenvalue weighted by Crippen LogP contribution is 2.16. The van der Waals surface area contributed by atoms with Crippen molar-refractivity contribution in [2.24, 2.45) is 0 Å². The van der Waals surface area contributed by atoms with Crippen molar-refractivity contribution < 1.29 is 5.73 Å². The van der Waals surface area contributed by atoms with E-state index in [2.05, 4.69) is 19.6 Å². The fourth-order valence-corrected chi connectivity index (χ4v) is 5.40. The van der Waals surface area contributed by atoms with Crippen LogP contribution in [0.3, 0.4) is 0 Å². The van der Waals surface area contributed by atoms with Gasteiger partial charge in [0.25, 0.3) is 0 Å². The van der Waals surface area contributed by atoms with Gasteiger partial charge in [0.2, 0.25) is 0 Å². The lowest BCUT2D eigenvalue weighted by Crippen LogP contribution is -2.60. The molecule has 0 heterocycles. The van der Waals surface area contributed by atoms with Crippen LogP contribution in [0.5, 0.6) is 0 Å². The first-order chi connectivity index (χ1) is 16.8. The van der Waals surface area contributed by atoms with Crippen molar-refractivity contribution in [3.8, 4) is 0 Å². The van der Waals surface area contributed by atoms with Crippen LogP contribution in [0.2, 0.25) is 0 Å². The summed E-state index contributed by atoms with van der Waals surface area (Å²) in [5, 5.41) is 0. The van der Waals surface area contributed by atoms with E-state index in [1.165, 1.54) is 193 Å². The highest BCUT2D eigenvalue weighted by molar-refractivity contribution is 4.57. The minimum Gasteiger partial charge on any atom is -0.355 e. The summed E-state index contributed by atoms with van der Waals surface area (Å²) in [6.07, 6.45) is 43.6. The van der Waals surface area contributed by atoms with Crippen LogP contribution in [0.15, 0.2) is 0 Å². The highest BCUT2D eigenvalue weighted by Gasteiger charge is 2.05. The van der Waals surface area contributed by atoms with Crippen molar-refractivity contribution in [1.82, 2.24) is 0 Å². The molecular weight excluding hydrogens is 410 g/mol. The number of hydrogen-bond acceptors (Lipinski definition) is 0. The zero-order valence-electron chi connectivity index (χ0n) is 24.5. The van der Waals surface area contributed by atoms with Crippen molar-refractivity contribution in [2.45, 2.75) is 213 Å². The third-order valence-corrected chi connectivity index (χ3v) is 7.93. The second-order valence-electron chi connectivity index (χ2n) is 11.6. The number of rotatable bonds is 30. The minimum absolute atomic E-state index is 0.717. The molecule has 0 aromatic rings. The Morgan fingerprint density at radius 3 is 0.676 bits per heavy atom. The summed E-state index contributed by atoms with van der Waals surface area (Å²) in [4.78, 5) is 0. The van der Waals surface area contributed by atoms with Gasteiger partial charge in [0.15, 0.2) is 0 Å². The van der Waals surface area contributed by atoms with E-state index in [4.69, 9.17) is 0 Å². The molecule has 34 heavy (non-hydrogen) atoms. The molecule has 1 heteroatoms. The topological polar surface area (TPSA) is 27.6 Å². The lowest BCUT2D eigenvalue weighted by atomic mass is 10.00. The number of hydrogen-bond donors (Lipinski definition) is 1. The zero-order chi connectivity index (χ0) is 24.8. The fourth-order valence-electron chi connectivity index (χ4n) is 5.40. The van der Waals surface area contributed by atoms with E-state index >= 15 is 0 Å². The van der Waals surface area contributed by atoms with Gasteiger partial charge in [-0.25, -0.2) is 0 Å². The molecule has 0 bridgehead atoms. The third kappa shape index (κ3) is 30.0. The lowest BCUT2D eigenvalue weighted by Gasteiger charge is -2.08. The molecule has 0 aliphatic rings. The van der Waals surface area contributed by atoms with Gasteiger partial charge in [-0.3, -0.25) is 0 Å². The average molecular weight is 481 g/mol. The molecule has 0 radical (unpaired) electrons. The predicted octanol–water partition coefficient (Wildman–Crippen LogP) is 11.3. The molecule has 0 saturated carbocycles. The molecule has 0 rings (SSSR count). The second kappa shape index (κ2) is 31.0. The molecule has 0 saturated heterocycles. The van der Waals surface area contributed by atoms with Gasteiger partial charge in [-0.15, -0.1) is 0 Å². The van der Waals surface area contributed by atoms with Crippen LogP contribution in [-0.4, -0.2) is 6.04 Å². The first-order valence-corrected chi connectivity index (χ1v) is 16.6. The summed E-state index contributed by atoms with van der Waals surface area (Å²) in [5.74, 6) is 0. The zero-order valence-corrected chi connectivity index (χ0v) is 24.5. The summed E-state index contributed by atoms with van der Waals surface area (Å²) < 4.78 is 0. The summed E-state index contributed by atoms with van der Waals surface area (Å²) in [7, 11) is 0. The van der Waals surface area contributed by atoms with Crippen LogP contribution >= 0.6 is 0 Å². The van der Waals surface area contributed by atoms with Gasteiger partial charge in [-0.2, -0.15) is 0 Å². The first-order valence-electron chi connectivity index (χ1n) is 16.6. The Morgan fingerprint density at radius 1 is 0.294 bits per heavy atom. The third-order valence-electron chi connectivity index (χ3n) is 7.93. The summed E-state index contributed by atoms with van der Waals surface area (Å²) in [5.41, 5.74) is 4.44. The largest absolute Gasteiger partial charge is 0.355 e. The molecule has 1 nitrogen and oxygen atoms in total. The van der Waals surface area contributed by atoms with Gasteiger partial charge in [-0.1, -0.05) is 181 Å². The molecule has 0 aliphatic heterocycles. The standard InChI is InChI=1S/C33H69N/c1-3-5-7-9-11-13-15-17-19-21-23-25-27-29-31-33(34)32-30-28-26-24-22-20-18-16-14-12-10-8-6-4-2/h33H,3-32,34H2,1-2H3/p+1. The van der Waals surface area contributed by atoms with Crippen molar-refractivity contribution in [1.29, 1.82) is 0 Å². The molecule has 206 valence electrons. The molecule has 0 amide bonds. The Kier molecular flexibility index (Phi) is 31.0. The first kappa shape index (κ1) is 34.0. The van der Waals surface area contributed by atoms with Gasteiger partial charge in [-0.05, 0) is 25.7 Å². The molecule has 0 aromatic heterocycles. The molecule has 3 N–H and O–H groups in total. The van der Waals surface area contributed by atoms with Gasteiger partial charge in [0.05, 0.1) is 6.04 Å². The molecule has 0 unspecified atom stereocenters. The van der Waals surface area contributed by atoms with Crippen LogP contribution in [-0.2, 0) is 0 Å². The molecular formula is C33H70N+. The summed E-state index contributed by atoms with van der Waals surface area (Å²) in [6.45, 7) is 4.61. The maximum atomic E-state index is 4.44. The van der Waals surface area contributed by atoms with E-state index in [0.717, 1.165) is 6.04 Å². The van der Waals surface area contributed by atoms with Gasteiger partial charge >= 0.3 is 0 Å². The average Bonchev–Trinajstić information content (AvgIpc) is 2.84. The van der Waals surface area contributed by atoms with E-state index in [-0.39, 0.29) is 0 Å². The molecule has 0 aromatic carbocycles. The smallest absolute Gasteiger partial charge is 0.0843 e. The van der Waals surface area contributed by atoms with E-state index < -0.39 is 0 Å². The Hall–Kier alpha value is -0.0400. The molecule has 0 atom stereocenters. The van der Waals surface area contributed by atoms with Gasteiger partial charge in [0.1, 0.15) is 0 Å². The van der Waals surface area contributed by atoms with Gasteiger partial charge in [0, 0.05) is 0 Å². The van der Waals surface area contributed by atoms with Crippen LogP contribution < -0.4 is 5.73 Å². The fraction of sp³-hybridized carbons (Fsp3) is 1.00. The lowest BCUT2D eigenvalue weighted by molar-refractivity contribution is -0.423.